The number of carbonyl (C=O) groups is 1. The first-order valence-corrected chi connectivity index (χ1v) is 7.09. The van der Waals surface area contributed by atoms with Gasteiger partial charge in [0.15, 0.2) is 0 Å². The molecule has 0 bridgehead atoms. The van der Waals surface area contributed by atoms with E-state index < -0.39 is 0 Å². The van der Waals surface area contributed by atoms with Gasteiger partial charge >= 0.3 is 0 Å². The zero-order valence-electron chi connectivity index (χ0n) is 11.3. The second kappa shape index (κ2) is 5.52. The molecule has 1 amide bonds. The van der Waals surface area contributed by atoms with Crippen molar-refractivity contribution in [2.75, 3.05) is 12.3 Å². The van der Waals surface area contributed by atoms with Gasteiger partial charge in [0.05, 0.1) is 5.69 Å². The molecule has 0 aliphatic rings. The van der Waals surface area contributed by atoms with Gasteiger partial charge in [0.2, 0.25) is 0 Å². The Balaban J connectivity index is 2.16. The molecule has 0 radical (unpaired) electrons. The van der Waals surface area contributed by atoms with Crippen molar-refractivity contribution < 1.29 is 4.79 Å². The van der Waals surface area contributed by atoms with E-state index in [1.54, 1.807) is 12.4 Å². The number of anilines is 1. The molecule has 0 saturated heterocycles. The van der Waals surface area contributed by atoms with E-state index in [1.165, 1.54) is 11.3 Å². The van der Waals surface area contributed by atoms with Crippen molar-refractivity contribution in [3.8, 4) is 0 Å². The Morgan fingerprint density at radius 3 is 2.68 bits per heavy atom. The van der Waals surface area contributed by atoms with Crippen LogP contribution in [0.1, 0.15) is 30.4 Å². The van der Waals surface area contributed by atoms with Crippen LogP contribution < -0.4 is 11.1 Å². The topological polar surface area (TPSA) is 80.9 Å². The van der Waals surface area contributed by atoms with E-state index in [0.29, 0.717) is 39.3 Å². The molecule has 0 aliphatic carbocycles. The number of rotatable bonds is 4. The van der Waals surface area contributed by atoms with Gasteiger partial charge in [0, 0.05) is 18.9 Å². The second-order valence-electron chi connectivity index (χ2n) is 4.99. The third-order valence-corrected chi connectivity index (χ3v) is 4.39. The van der Waals surface area contributed by atoms with E-state index in [4.69, 9.17) is 5.73 Å². The Bertz CT molecular complexity index is 593. The number of amides is 1. The number of nitrogens with one attached hydrogen (secondary N) is 1. The summed E-state index contributed by atoms with van der Waals surface area (Å²) >= 11 is 1.28. The molecular weight excluding hydrogens is 260 g/mol. The van der Waals surface area contributed by atoms with Crippen molar-refractivity contribution in [3.63, 3.8) is 0 Å². The monoisotopic (exact) mass is 278 g/mol. The maximum Gasteiger partial charge on any atom is 0.263 e. The summed E-state index contributed by atoms with van der Waals surface area (Å²) in [6, 6.07) is 0. The van der Waals surface area contributed by atoms with Crippen LogP contribution in [0, 0.1) is 11.8 Å². The molecule has 2 aromatic heterocycles. The molecule has 19 heavy (non-hydrogen) atoms. The molecule has 0 saturated carbocycles. The predicted octanol–water partition coefficient (Wildman–Crippen LogP) is 2.30. The van der Waals surface area contributed by atoms with E-state index in [0.717, 1.165) is 0 Å². The van der Waals surface area contributed by atoms with Gasteiger partial charge in [0.25, 0.3) is 5.91 Å². The van der Waals surface area contributed by atoms with Gasteiger partial charge < -0.3 is 11.1 Å². The number of aromatic nitrogens is 2. The first-order chi connectivity index (χ1) is 9.00. The highest BCUT2D eigenvalue weighted by Crippen LogP contribution is 2.30. The van der Waals surface area contributed by atoms with E-state index in [9.17, 15) is 4.79 Å². The van der Waals surface area contributed by atoms with Gasteiger partial charge in [-0.3, -0.25) is 4.79 Å². The largest absolute Gasteiger partial charge is 0.396 e. The maximum atomic E-state index is 12.1. The maximum absolute atomic E-state index is 12.1. The molecule has 0 aliphatic heterocycles. The Labute approximate surface area is 116 Å². The third-order valence-electron chi connectivity index (χ3n) is 3.29. The average Bonchev–Trinajstić information content (AvgIpc) is 2.73. The molecule has 1 atom stereocenters. The molecule has 0 aromatic carbocycles. The zero-order chi connectivity index (χ0) is 14.0. The Morgan fingerprint density at radius 2 is 2.05 bits per heavy atom. The highest BCUT2D eigenvalue weighted by atomic mass is 32.1. The minimum atomic E-state index is -0.144. The Morgan fingerprint density at radius 1 is 1.37 bits per heavy atom. The first kappa shape index (κ1) is 13.7. The highest BCUT2D eigenvalue weighted by molar-refractivity contribution is 7.21. The fraction of sp³-hybridized carbons (Fsp3) is 0.462. The average molecular weight is 278 g/mol. The Hall–Kier alpha value is -1.69. The van der Waals surface area contributed by atoms with Gasteiger partial charge in [0.1, 0.15) is 15.2 Å². The molecule has 0 fully saturated rings. The Kier molecular flexibility index (Phi) is 3.99. The summed E-state index contributed by atoms with van der Waals surface area (Å²) in [5, 5.41) is 2.92. The summed E-state index contributed by atoms with van der Waals surface area (Å²) in [7, 11) is 0. The lowest BCUT2D eigenvalue weighted by Gasteiger charge is -2.15. The van der Waals surface area contributed by atoms with E-state index in [-0.39, 0.29) is 5.91 Å². The number of fused-ring (bicyclic) bond motifs is 1. The lowest BCUT2D eigenvalue weighted by molar-refractivity contribution is 0.0950. The molecule has 2 heterocycles. The van der Waals surface area contributed by atoms with Crippen molar-refractivity contribution >= 4 is 33.3 Å². The summed E-state index contributed by atoms with van der Waals surface area (Å²) < 4.78 is 0. The molecule has 2 aromatic rings. The van der Waals surface area contributed by atoms with Crippen LogP contribution in [0.25, 0.3) is 10.3 Å². The lowest BCUT2D eigenvalue weighted by atomic mass is 9.98. The lowest BCUT2D eigenvalue weighted by Crippen LogP contribution is -2.30. The highest BCUT2D eigenvalue weighted by Gasteiger charge is 2.18. The smallest absolute Gasteiger partial charge is 0.263 e. The summed E-state index contributed by atoms with van der Waals surface area (Å²) in [6.07, 6.45) is 3.18. The molecule has 3 N–H and O–H groups in total. The summed E-state index contributed by atoms with van der Waals surface area (Å²) in [5.41, 5.74) is 6.98. The van der Waals surface area contributed by atoms with Gasteiger partial charge in [-0.05, 0) is 11.8 Å². The molecule has 102 valence electrons. The second-order valence-corrected chi connectivity index (χ2v) is 5.99. The van der Waals surface area contributed by atoms with Gasteiger partial charge in [-0.15, -0.1) is 11.3 Å². The molecule has 0 spiro atoms. The summed E-state index contributed by atoms with van der Waals surface area (Å²) in [6.45, 7) is 7.03. The van der Waals surface area contributed by atoms with Crippen molar-refractivity contribution in [2.45, 2.75) is 20.8 Å². The summed E-state index contributed by atoms with van der Waals surface area (Å²) in [5.74, 6) is 0.814. The van der Waals surface area contributed by atoms with Gasteiger partial charge in [-0.25, -0.2) is 9.97 Å². The fourth-order valence-corrected chi connectivity index (χ4v) is 2.52. The minimum absolute atomic E-state index is 0.144. The standard InChI is InChI=1S/C13H18N4OS/c1-7(2)8(3)6-17-12(18)11-9(14)10-13(19-11)16-5-4-15-10/h4-5,7-8H,6,14H2,1-3H3,(H,17,18). The van der Waals surface area contributed by atoms with Crippen LogP contribution in [0.4, 0.5) is 5.69 Å². The zero-order valence-corrected chi connectivity index (χ0v) is 12.1. The fourth-order valence-electron chi connectivity index (χ4n) is 1.58. The molecule has 1 unspecified atom stereocenters. The quantitative estimate of drug-likeness (QED) is 0.899. The van der Waals surface area contributed by atoms with Crippen LogP contribution in [-0.4, -0.2) is 22.4 Å². The molecule has 6 heteroatoms. The number of nitrogen functional groups attached to an aromatic ring is 1. The van der Waals surface area contributed by atoms with Crippen molar-refractivity contribution in [3.05, 3.63) is 17.3 Å². The summed E-state index contributed by atoms with van der Waals surface area (Å²) in [4.78, 5) is 21.6. The van der Waals surface area contributed by atoms with Gasteiger partial charge in [-0.1, -0.05) is 20.8 Å². The third kappa shape index (κ3) is 2.84. The van der Waals surface area contributed by atoms with Crippen molar-refractivity contribution in [1.29, 1.82) is 0 Å². The number of nitrogens with two attached hydrogens (primary N) is 1. The predicted molar refractivity (Wildman–Crippen MR) is 78.2 cm³/mol. The molecule has 5 nitrogen and oxygen atoms in total. The van der Waals surface area contributed by atoms with Crippen LogP contribution in [0.15, 0.2) is 12.4 Å². The van der Waals surface area contributed by atoms with Crippen LogP contribution in [-0.2, 0) is 0 Å². The first-order valence-electron chi connectivity index (χ1n) is 6.28. The van der Waals surface area contributed by atoms with E-state index in [1.807, 2.05) is 0 Å². The minimum Gasteiger partial charge on any atom is -0.396 e. The van der Waals surface area contributed by atoms with E-state index in [2.05, 4.69) is 36.1 Å². The van der Waals surface area contributed by atoms with Crippen molar-refractivity contribution in [1.82, 2.24) is 15.3 Å². The SMILES string of the molecule is CC(C)C(C)CNC(=O)c1sc2nccnc2c1N. The van der Waals surface area contributed by atoms with Crippen LogP contribution in [0.2, 0.25) is 0 Å². The molecular formula is C13H18N4OS. The van der Waals surface area contributed by atoms with Crippen LogP contribution in [0.3, 0.4) is 0 Å². The van der Waals surface area contributed by atoms with Crippen molar-refractivity contribution in [2.24, 2.45) is 11.8 Å². The van der Waals surface area contributed by atoms with Crippen LogP contribution >= 0.6 is 11.3 Å². The normalized spacial score (nSPS) is 12.8. The van der Waals surface area contributed by atoms with E-state index >= 15 is 0 Å². The number of nitrogens with zero attached hydrogens (tertiary/aromatic N) is 2. The number of thiophene rings is 1. The van der Waals surface area contributed by atoms with Crippen LogP contribution in [0.5, 0.6) is 0 Å². The number of hydrogen-bond donors (Lipinski definition) is 2. The number of carbonyl (C=O) groups excluding carboxylic acids is 1. The van der Waals surface area contributed by atoms with Gasteiger partial charge in [-0.2, -0.15) is 0 Å². The molecule has 2 rings (SSSR count). The number of hydrogen-bond acceptors (Lipinski definition) is 5.